The van der Waals surface area contributed by atoms with Crippen LogP contribution in [0.3, 0.4) is 0 Å². The second-order valence-corrected chi connectivity index (χ2v) is 9.73. The van der Waals surface area contributed by atoms with Gasteiger partial charge in [0.1, 0.15) is 5.78 Å². The molecule has 0 spiro atoms. The number of esters is 1. The van der Waals surface area contributed by atoms with Crippen molar-refractivity contribution in [1.29, 1.82) is 0 Å². The Hall–Kier alpha value is -1.97. The number of Topliss-reactive ketones (excluding diaryl/α,β-unsaturated/α-hetero) is 1. The van der Waals surface area contributed by atoms with Crippen LogP contribution in [0.4, 0.5) is 0 Å². The van der Waals surface area contributed by atoms with Crippen molar-refractivity contribution in [3.8, 4) is 0 Å². The van der Waals surface area contributed by atoms with Crippen LogP contribution in [0.25, 0.3) is 0 Å². The molecule has 0 saturated heterocycles. The molecule has 28 heavy (non-hydrogen) atoms. The summed E-state index contributed by atoms with van der Waals surface area (Å²) >= 11 is 0. The Kier molecular flexibility index (Phi) is 4.33. The highest BCUT2D eigenvalue weighted by molar-refractivity contribution is 5.97. The first-order valence-electron chi connectivity index (χ1n) is 10.4. The summed E-state index contributed by atoms with van der Waals surface area (Å²) in [6.07, 6.45) is 7.55. The first kappa shape index (κ1) is 19.4. The number of carbonyl (C=O) groups excluding carboxylic acids is 3. The van der Waals surface area contributed by atoms with E-state index in [4.69, 9.17) is 4.74 Å². The molecule has 0 radical (unpaired) electrons. The maximum Gasteiger partial charge on any atom is 0.303 e. The van der Waals surface area contributed by atoms with Crippen LogP contribution in [0.15, 0.2) is 35.5 Å². The first-order chi connectivity index (χ1) is 13.1. The minimum Gasteiger partial charge on any atom is -0.454 e. The van der Waals surface area contributed by atoms with Crippen molar-refractivity contribution in [3.63, 3.8) is 0 Å². The average molecular weight is 383 g/mol. The summed E-state index contributed by atoms with van der Waals surface area (Å²) in [4.78, 5) is 36.3. The van der Waals surface area contributed by atoms with E-state index < -0.39 is 12.1 Å². The van der Waals surface area contributed by atoms with E-state index in [0.29, 0.717) is 24.0 Å². The van der Waals surface area contributed by atoms with Crippen LogP contribution in [0.1, 0.15) is 59.8 Å². The number of ether oxygens (including phenoxy) is 1. The third-order valence-electron chi connectivity index (χ3n) is 8.13. The van der Waals surface area contributed by atoms with Crippen LogP contribution in [0.2, 0.25) is 0 Å². The fourth-order valence-corrected chi connectivity index (χ4v) is 6.89. The van der Waals surface area contributed by atoms with E-state index in [1.807, 2.05) is 0 Å². The van der Waals surface area contributed by atoms with E-state index in [1.165, 1.54) is 12.5 Å². The molecule has 0 aromatic carbocycles. The summed E-state index contributed by atoms with van der Waals surface area (Å²) in [7, 11) is 0. The van der Waals surface area contributed by atoms with Crippen molar-refractivity contribution in [3.05, 3.63) is 35.5 Å². The zero-order valence-electron chi connectivity index (χ0n) is 17.3. The Morgan fingerprint density at radius 1 is 1.21 bits per heavy atom. The van der Waals surface area contributed by atoms with Gasteiger partial charge >= 0.3 is 5.97 Å². The van der Waals surface area contributed by atoms with E-state index in [-0.39, 0.29) is 22.5 Å². The van der Waals surface area contributed by atoms with Gasteiger partial charge in [0.05, 0.1) is 0 Å². The summed E-state index contributed by atoms with van der Waals surface area (Å²) in [5.74, 6) is 0.693. The molecule has 4 heteroatoms. The van der Waals surface area contributed by atoms with E-state index in [2.05, 4.69) is 26.5 Å². The van der Waals surface area contributed by atoms with Gasteiger partial charge in [0, 0.05) is 24.7 Å². The van der Waals surface area contributed by atoms with Gasteiger partial charge in [0.25, 0.3) is 0 Å². The van der Waals surface area contributed by atoms with Gasteiger partial charge in [-0.1, -0.05) is 37.6 Å². The molecular weight excluding hydrogens is 352 g/mol. The number of carbonyl (C=O) groups is 3. The normalized spacial score (nSPS) is 42.0. The number of rotatable bonds is 2. The van der Waals surface area contributed by atoms with Crippen LogP contribution < -0.4 is 0 Å². The second-order valence-electron chi connectivity index (χ2n) is 9.73. The summed E-state index contributed by atoms with van der Waals surface area (Å²) in [5.41, 5.74) is 3.08. The fraction of sp³-hybridized carbons (Fsp3) is 0.625. The predicted molar refractivity (Wildman–Crippen MR) is 106 cm³/mol. The molecule has 150 valence electrons. The Morgan fingerprint density at radius 2 is 1.93 bits per heavy atom. The molecule has 0 aromatic heterocycles. The van der Waals surface area contributed by atoms with Crippen molar-refractivity contribution in [2.24, 2.45) is 28.6 Å². The smallest absolute Gasteiger partial charge is 0.303 e. The lowest BCUT2D eigenvalue weighted by molar-refractivity contribution is -0.153. The van der Waals surface area contributed by atoms with E-state index >= 15 is 0 Å². The lowest BCUT2D eigenvalue weighted by Crippen LogP contribution is -2.48. The summed E-state index contributed by atoms with van der Waals surface area (Å²) in [5, 5.41) is 0. The summed E-state index contributed by atoms with van der Waals surface area (Å²) < 4.78 is 5.35. The van der Waals surface area contributed by atoms with Crippen molar-refractivity contribution in [2.75, 3.05) is 0 Å². The van der Waals surface area contributed by atoms with Crippen LogP contribution in [-0.2, 0) is 19.1 Å². The minimum absolute atomic E-state index is 0.0115. The number of hydrogen-bond acceptors (Lipinski definition) is 4. The summed E-state index contributed by atoms with van der Waals surface area (Å²) in [6.45, 7) is 11.9. The van der Waals surface area contributed by atoms with Gasteiger partial charge in [-0.25, -0.2) is 0 Å². The minimum atomic E-state index is -0.722. The predicted octanol–water partition coefficient (Wildman–Crippen LogP) is 4.35. The molecular formula is C24H30O4. The van der Waals surface area contributed by atoms with Crippen molar-refractivity contribution in [1.82, 2.24) is 0 Å². The van der Waals surface area contributed by atoms with Crippen LogP contribution >= 0.6 is 0 Å². The molecule has 2 saturated carbocycles. The molecule has 0 bridgehead atoms. The highest BCUT2D eigenvalue weighted by Crippen LogP contribution is 2.65. The van der Waals surface area contributed by atoms with Gasteiger partial charge in [-0.05, 0) is 61.5 Å². The molecule has 4 nitrogen and oxygen atoms in total. The lowest BCUT2D eigenvalue weighted by Gasteiger charge is -2.54. The SMILES string of the molecule is C=C1C[C@@H]2C(=CC[C@]3(C)[C@@H](C(C)=O)CC[C@@H]23)[C@@]2(C)CC(OC(C)=O)C(=O)C=C12. The maximum absolute atomic E-state index is 12.5. The standard InChI is InChI=1S/C24H30O4/c1-13-10-16-18-7-6-17(14(2)25)23(18,4)9-8-19(16)24(5)12-22(28-15(3)26)21(27)11-20(13)24/h8,11,16-18,22H,1,6-7,9-10,12H2,2-5H3/t16-,17+,18-,22?,23+,24+/m0/s1. The molecule has 0 heterocycles. The lowest BCUT2D eigenvalue weighted by atomic mass is 9.50. The molecule has 0 aromatic rings. The number of allylic oxidation sites excluding steroid dienone is 4. The van der Waals surface area contributed by atoms with Gasteiger partial charge in [0.2, 0.25) is 0 Å². The Bertz CT molecular complexity index is 847. The van der Waals surface area contributed by atoms with Gasteiger partial charge in [0.15, 0.2) is 11.9 Å². The number of hydrogen-bond donors (Lipinski definition) is 0. The van der Waals surface area contributed by atoms with Gasteiger partial charge in [-0.15, -0.1) is 0 Å². The molecule has 4 aliphatic rings. The fourth-order valence-electron chi connectivity index (χ4n) is 6.89. The maximum atomic E-state index is 12.5. The molecule has 4 rings (SSSR count). The highest BCUT2D eigenvalue weighted by atomic mass is 16.5. The van der Waals surface area contributed by atoms with Crippen LogP contribution in [0.5, 0.6) is 0 Å². The molecule has 2 fully saturated rings. The van der Waals surface area contributed by atoms with Crippen molar-refractivity contribution < 1.29 is 19.1 Å². The second kappa shape index (κ2) is 6.27. The average Bonchev–Trinajstić information content (AvgIpc) is 2.94. The van der Waals surface area contributed by atoms with Crippen LogP contribution in [-0.4, -0.2) is 23.6 Å². The Morgan fingerprint density at radius 3 is 2.57 bits per heavy atom. The van der Waals surface area contributed by atoms with E-state index in [1.54, 1.807) is 13.0 Å². The Balaban J connectivity index is 1.76. The largest absolute Gasteiger partial charge is 0.454 e. The van der Waals surface area contributed by atoms with Gasteiger partial charge < -0.3 is 4.74 Å². The molecule has 0 amide bonds. The van der Waals surface area contributed by atoms with E-state index in [9.17, 15) is 14.4 Å². The van der Waals surface area contributed by atoms with Crippen LogP contribution in [0, 0.1) is 28.6 Å². The zero-order chi connectivity index (χ0) is 20.4. The van der Waals surface area contributed by atoms with Crippen molar-refractivity contribution >= 4 is 17.5 Å². The van der Waals surface area contributed by atoms with Crippen molar-refractivity contribution in [2.45, 2.75) is 65.9 Å². The van der Waals surface area contributed by atoms with E-state index in [0.717, 1.165) is 36.8 Å². The monoisotopic (exact) mass is 382 g/mol. The Labute approximate surface area is 167 Å². The zero-order valence-corrected chi connectivity index (χ0v) is 17.3. The molecule has 4 aliphatic carbocycles. The topological polar surface area (TPSA) is 60.4 Å². The number of fused-ring (bicyclic) bond motifs is 5. The molecule has 6 atom stereocenters. The quantitative estimate of drug-likeness (QED) is 0.526. The molecule has 0 aliphatic heterocycles. The third kappa shape index (κ3) is 2.60. The molecule has 0 N–H and O–H groups in total. The number of ketones is 2. The summed E-state index contributed by atoms with van der Waals surface area (Å²) in [6, 6.07) is 0. The van der Waals surface area contributed by atoms with Gasteiger partial charge in [-0.3, -0.25) is 14.4 Å². The van der Waals surface area contributed by atoms with Gasteiger partial charge in [-0.2, -0.15) is 0 Å². The molecule has 1 unspecified atom stereocenters. The first-order valence-corrected chi connectivity index (χ1v) is 10.4. The highest BCUT2D eigenvalue weighted by Gasteiger charge is 2.58. The third-order valence-corrected chi connectivity index (χ3v) is 8.13.